The van der Waals surface area contributed by atoms with Crippen LogP contribution >= 0.6 is 31.9 Å². The van der Waals surface area contributed by atoms with Crippen LogP contribution in [0.15, 0.2) is 21.1 Å². The standard InChI is InChI=1S/C13H18Br2N2O3/c1-3-4-16-7-9(2)8-20-13-11(14)5-10(17(18)19)6-12(13)15/h5-6,9,16H,3-4,7-8H2,1-2H3. The van der Waals surface area contributed by atoms with Crippen molar-refractivity contribution in [3.63, 3.8) is 0 Å². The number of halogens is 2. The minimum atomic E-state index is -0.434. The maximum Gasteiger partial charge on any atom is 0.271 e. The highest BCUT2D eigenvalue weighted by molar-refractivity contribution is 9.11. The van der Waals surface area contributed by atoms with E-state index in [0.29, 0.717) is 27.2 Å². The average Bonchev–Trinajstić information content (AvgIpc) is 2.37. The van der Waals surface area contributed by atoms with Gasteiger partial charge in [0.25, 0.3) is 5.69 Å². The smallest absolute Gasteiger partial charge is 0.271 e. The van der Waals surface area contributed by atoms with Crippen LogP contribution in [0.25, 0.3) is 0 Å². The van der Waals surface area contributed by atoms with Gasteiger partial charge in [-0.05, 0) is 44.8 Å². The van der Waals surface area contributed by atoms with E-state index in [9.17, 15) is 10.1 Å². The highest BCUT2D eigenvalue weighted by Crippen LogP contribution is 2.37. The van der Waals surface area contributed by atoms with Crippen LogP contribution in [0.3, 0.4) is 0 Å². The van der Waals surface area contributed by atoms with Crippen molar-refractivity contribution in [1.29, 1.82) is 0 Å². The van der Waals surface area contributed by atoms with Gasteiger partial charge in [0.2, 0.25) is 0 Å². The fraction of sp³-hybridized carbons (Fsp3) is 0.538. The molecule has 1 unspecified atom stereocenters. The second-order valence-electron chi connectivity index (χ2n) is 4.62. The van der Waals surface area contributed by atoms with E-state index in [1.54, 1.807) is 0 Å². The van der Waals surface area contributed by atoms with Crippen LogP contribution in [-0.4, -0.2) is 24.6 Å². The minimum absolute atomic E-state index is 0.0220. The maximum atomic E-state index is 10.7. The summed E-state index contributed by atoms with van der Waals surface area (Å²) < 4.78 is 6.89. The highest BCUT2D eigenvalue weighted by Gasteiger charge is 2.15. The maximum absolute atomic E-state index is 10.7. The zero-order chi connectivity index (χ0) is 15.1. The molecule has 0 radical (unpaired) electrons. The summed E-state index contributed by atoms with van der Waals surface area (Å²) in [5, 5.41) is 14.1. The molecule has 1 aromatic rings. The predicted molar refractivity (Wildman–Crippen MR) is 86.3 cm³/mol. The lowest BCUT2D eigenvalue weighted by atomic mass is 10.2. The van der Waals surface area contributed by atoms with Gasteiger partial charge >= 0.3 is 0 Å². The molecule has 0 spiro atoms. The van der Waals surface area contributed by atoms with Crippen LogP contribution in [0.1, 0.15) is 20.3 Å². The molecule has 1 N–H and O–H groups in total. The number of ether oxygens (including phenoxy) is 1. The van der Waals surface area contributed by atoms with Crippen LogP contribution < -0.4 is 10.1 Å². The number of nitro groups is 1. The van der Waals surface area contributed by atoms with Gasteiger partial charge in [-0.2, -0.15) is 0 Å². The molecule has 0 aromatic heterocycles. The van der Waals surface area contributed by atoms with Crippen LogP contribution in [-0.2, 0) is 0 Å². The molecule has 1 rings (SSSR count). The van der Waals surface area contributed by atoms with E-state index >= 15 is 0 Å². The van der Waals surface area contributed by atoms with E-state index < -0.39 is 4.92 Å². The third-order valence-corrected chi connectivity index (χ3v) is 3.80. The summed E-state index contributed by atoms with van der Waals surface area (Å²) in [6.07, 6.45) is 1.10. The zero-order valence-electron chi connectivity index (χ0n) is 11.5. The molecular weight excluding hydrogens is 392 g/mol. The summed E-state index contributed by atoms with van der Waals surface area (Å²) in [5.41, 5.74) is 0.0220. The van der Waals surface area contributed by atoms with E-state index in [1.807, 2.05) is 0 Å². The number of non-ortho nitro benzene ring substituents is 1. The third-order valence-electron chi connectivity index (χ3n) is 2.63. The van der Waals surface area contributed by atoms with E-state index in [4.69, 9.17) is 4.74 Å². The van der Waals surface area contributed by atoms with Crippen molar-refractivity contribution in [2.45, 2.75) is 20.3 Å². The number of nitrogens with one attached hydrogen (secondary N) is 1. The molecule has 0 aliphatic rings. The van der Waals surface area contributed by atoms with Crippen molar-refractivity contribution in [2.24, 2.45) is 5.92 Å². The Morgan fingerprint density at radius 3 is 2.50 bits per heavy atom. The second-order valence-corrected chi connectivity index (χ2v) is 6.32. The Morgan fingerprint density at radius 2 is 2.00 bits per heavy atom. The molecule has 0 heterocycles. The molecule has 0 aliphatic heterocycles. The first-order valence-corrected chi connectivity index (χ1v) is 8.01. The van der Waals surface area contributed by atoms with Crippen molar-refractivity contribution in [3.05, 3.63) is 31.2 Å². The Balaban J connectivity index is 2.62. The molecule has 5 nitrogen and oxygen atoms in total. The van der Waals surface area contributed by atoms with Gasteiger partial charge in [-0.25, -0.2) is 0 Å². The fourth-order valence-corrected chi connectivity index (χ4v) is 2.99. The van der Waals surface area contributed by atoms with Crippen molar-refractivity contribution in [2.75, 3.05) is 19.7 Å². The number of nitrogens with zero attached hydrogens (tertiary/aromatic N) is 1. The first kappa shape index (κ1) is 17.4. The monoisotopic (exact) mass is 408 g/mol. The lowest BCUT2D eigenvalue weighted by Gasteiger charge is -2.15. The van der Waals surface area contributed by atoms with Crippen molar-refractivity contribution < 1.29 is 9.66 Å². The molecule has 112 valence electrons. The largest absolute Gasteiger partial charge is 0.491 e. The predicted octanol–water partition coefficient (Wildman–Crippen LogP) is 4.13. The van der Waals surface area contributed by atoms with E-state index in [-0.39, 0.29) is 5.69 Å². The summed E-state index contributed by atoms with van der Waals surface area (Å²) >= 11 is 6.61. The highest BCUT2D eigenvalue weighted by atomic mass is 79.9. The molecule has 1 atom stereocenters. The van der Waals surface area contributed by atoms with Gasteiger partial charge in [-0.15, -0.1) is 0 Å². The Labute approximate surface area is 135 Å². The van der Waals surface area contributed by atoms with Gasteiger partial charge < -0.3 is 10.1 Å². The van der Waals surface area contributed by atoms with Crippen LogP contribution in [0.2, 0.25) is 0 Å². The van der Waals surface area contributed by atoms with E-state index in [0.717, 1.165) is 19.5 Å². The SMILES string of the molecule is CCCNCC(C)COc1c(Br)cc([N+](=O)[O-])cc1Br. The Hall–Kier alpha value is -0.660. The van der Waals surface area contributed by atoms with E-state index in [2.05, 4.69) is 51.0 Å². The summed E-state index contributed by atoms with van der Waals surface area (Å²) in [4.78, 5) is 10.3. The van der Waals surface area contributed by atoms with E-state index in [1.165, 1.54) is 12.1 Å². The average molecular weight is 410 g/mol. The summed E-state index contributed by atoms with van der Waals surface area (Å²) in [5.74, 6) is 0.952. The lowest BCUT2D eigenvalue weighted by molar-refractivity contribution is -0.385. The van der Waals surface area contributed by atoms with Crippen LogP contribution in [0, 0.1) is 16.0 Å². The molecular formula is C13H18Br2N2O3. The molecule has 0 aliphatic carbocycles. The normalized spacial score (nSPS) is 12.2. The fourth-order valence-electron chi connectivity index (χ4n) is 1.60. The van der Waals surface area contributed by atoms with Gasteiger partial charge in [0.05, 0.1) is 20.5 Å². The topological polar surface area (TPSA) is 64.4 Å². The number of benzene rings is 1. The van der Waals surface area contributed by atoms with Gasteiger partial charge in [-0.1, -0.05) is 13.8 Å². The molecule has 0 amide bonds. The molecule has 1 aromatic carbocycles. The number of hydrogen-bond acceptors (Lipinski definition) is 4. The molecule has 0 fully saturated rings. The Bertz CT molecular complexity index is 446. The molecule has 20 heavy (non-hydrogen) atoms. The first-order valence-electron chi connectivity index (χ1n) is 6.42. The molecule has 0 bridgehead atoms. The third kappa shape index (κ3) is 5.38. The Kier molecular flexibility index (Phi) is 7.47. The van der Waals surface area contributed by atoms with Gasteiger partial charge in [0.1, 0.15) is 5.75 Å². The van der Waals surface area contributed by atoms with Gasteiger partial charge in [0.15, 0.2) is 0 Å². The summed E-state index contributed by atoms with van der Waals surface area (Å²) in [7, 11) is 0. The number of nitro benzene ring substituents is 1. The van der Waals surface area contributed by atoms with Crippen LogP contribution in [0.4, 0.5) is 5.69 Å². The summed E-state index contributed by atoms with van der Waals surface area (Å²) in [6.45, 7) is 6.65. The first-order chi connectivity index (χ1) is 9.45. The van der Waals surface area contributed by atoms with Crippen molar-refractivity contribution in [3.8, 4) is 5.75 Å². The summed E-state index contributed by atoms with van der Waals surface area (Å²) in [6, 6.07) is 2.89. The van der Waals surface area contributed by atoms with Crippen LogP contribution in [0.5, 0.6) is 5.75 Å². The van der Waals surface area contributed by atoms with Crippen molar-refractivity contribution >= 4 is 37.5 Å². The molecule has 7 heteroatoms. The minimum Gasteiger partial charge on any atom is -0.491 e. The van der Waals surface area contributed by atoms with Crippen molar-refractivity contribution in [1.82, 2.24) is 5.32 Å². The van der Waals surface area contributed by atoms with Gasteiger partial charge in [-0.3, -0.25) is 10.1 Å². The zero-order valence-corrected chi connectivity index (χ0v) is 14.7. The molecule has 0 saturated carbocycles. The quantitative estimate of drug-likeness (QED) is 0.398. The number of hydrogen-bond donors (Lipinski definition) is 1. The van der Waals surface area contributed by atoms with Gasteiger partial charge in [0, 0.05) is 24.6 Å². The lowest BCUT2D eigenvalue weighted by Crippen LogP contribution is -2.25. The second kappa shape index (κ2) is 8.59. The number of rotatable bonds is 8. The molecule has 0 saturated heterocycles. The Morgan fingerprint density at radius 1 is 1.40 bits per heavy atom.